The van der Waals surface area contributed by atoms with Crippen LogP contribution in [0.4, 0.5) is 8.78 Å². The average molecular weight is 296 g/mol. The molecule has 0 spiro atoms. The molecule has 5 heteroatoms. The maximum atomic E-state index is 13.4. The Morgan fingerprint density at radius 3 is 2.52 bits per heavy atom. The van der Waals surface area contributed by atoms with Crippen molar-refractivity contribution in [2.45, 2.75) is 51.1 Å². The normalized spacial score (nSPS) is 16.5. The van der Waals surface area contributed by atoms with Crippen LogP contribution in [0.15, 0.2) is 18.2 Å². The van der Waals surface area contributed by atoms with Crippen LogP contribution < -0.4 is 10.6 Å². The molecule has 1 fully saturated rings. The first kappa shape index (κ1) is 15.9. The molecule has 1 amide bonds. The van der Waals surface area contributed by atoms with Crippen molar-refractivity contribution in [3.63, 3.8) is 0 Å². The van der Waals surface area contributed by atoms with Crippen molar-refractivity contribution in [1.29, 1.82) is 0 Å². The van der Waals surface area contributed by atoms with E-state index >= 15 is 0 Å². The van der Waals surface area contributed by atoms with Gasteiger partial charge in [-0.1, -0.05) is 31.7 Å². The minimum atomic E-state index is -0.595. The molecule has 0 atom stereocenters. The summed E-state index contributed by atoms with van der Waals surface area (Å²) >= 11 is 0. The molecule has 0 aliphatic heterocycles. The van der Waals surface area contributed by atoms with Crippen LogP contribution in [0.25, 0.3) is 0 Å². The summed E-state index contributed by atoms with van der Waals surface area (Å²) in [5.41, 5.74) is 0.360. The number of benzene rings is 1. The van der Waals surface area contributed by atoms with E-state index in [2.05, 4.69) is 10.6 Å². The smallest absolute Gasteiger partial charge is 0.234 e. The minimum Gasteiger partial charge on any atom is -0.352 e. The Bertz CT molecular complexity index is 471. The topological polar surface area (TPSA) is 41.1 Å². The fourth-order valence-electron chi connectivity index (χ4n) is 2.68. The van der Waals surface area contributed by atoms with E-state index in [0.29, 0.717) is 5.56 Å². The SMILES string of the molecule is O=C(CNCc1ccc(F)cc1F)NC1CCCCCC1. The van der Waals surface area contributed by atoms with Gasteiger partial charge in [0.25, 0.3) is 0 Å². The molecule has 1 aliphatic rings. The number of rotatable bonds is 5. The van der Waals surface area contributed by atoms with Crippen LogP contribution in [-0.2, 0) is 11.3 Å². The number of hydrogen-bond acceptors (Lipinski definition) is 2. The second-order valence-electron chi connectivity index (χ2n) is 5.60. The van der Waals surface area contributed by atoms with Gasteiger partial charge in [0.15, 0.2) is 0 Å². The second kappa shape index (κ2) is 8.08. The Kier molecular flexibility index (Phi) is 6.11. The molecule has 1 saturated carbocycles. The Labute approximate surface area is 124 Å². The molecule has 1 aromatic rings. The van der Waals surface area contributed by atoms with E-state index in [0.717, 1.165) is 18.9 Å². The van der Waals surface area contributed by atoms with Crippen molar-refractivity contribution >= 4 is 5.91 Å². The molecule has 0 radical (unpaired) electrons. The summed E-state index contributed by atoms with van der Waals surface area (Å²) in [6.45, 7) is 0.359. The van der Waals surface area contributed by atoms with E-state index in [1.54, 1.807) is 0 Å². The maximum absolute atomic E-state index is 13.4. The van der Waals surface area contributed by atoms with Gasteiger partial charge in [-0.15, -0.1) is 0 Å². The van der Waals surface area contributed by atoms with Gasteiger partial charge >= 0.3 is 0 Å². The quantitative estimate of drug-likeness (QED) is 0.820. The summed E-state index contributed by atoms with van der Waals surface area (Å²) < 4.78 is 26.2. The predicted octanol–water partition coefficient (Wildman–Crippen LogP) is 2.89. The van der Waals surface area contributed by atoms with Crippen molar-refractivity contribution in [2.75, 3.05) is 6.54 Å². The molecule has 21 heavy (non-hydrogen) atoms. The largest absolute Gasteiger partial charge is 0.352 e. The highest BCUT2D eigenvalue weighted by molar-refractivity contribution is 5.78. The highest BCUT2D eigenvalue weighted by Crippen LogP contribution is 2.17. The lowest BCUT2D eigenvalue weighted by molar-refractivity contribution is -0.121. The number of carbonyl (C=O) groups is 1. The first-order chi connectivity index (χ1) is 10.1. The van der Waals surface area contributed by atoms with Crippen molar-refractivity contribution in [1.82, 2.24) is 10.6 Å². The van der Waals surface area contributed by atoms with E-state index in [4.69, 9.17) is 0 Å². The van der Waals surface area contributed by atoms with Gasteiger partial charge in [-0.25, -0.2) is 8.78 Å². The standard InChI is InChI=1S/C16H22F2N2O/c17-13-8-7-12(15(18)9-13)10-19-11-16(21)20-14-5-3-1-2-4-6-14/h7-9,14,19H,1-6,10-11H2,(H,20,21). The summed E-state index contributed by atoms with van der Waals surface area (Å²) in [6, 6.07) is 3.72. The molecule has 0 aromatic heterocycles. The third kappa shape index (κ3) is 5.42. The minimum absolute atomic E-state index is 0.0654. The van der Waals surface area contributed by atoms with E-state index in [1.165, 1.54) is 37.8 Å². The fraction of sp³-hybridized carbons (Fsp3) is 0.562. The van der Waals surface area contributed by atoms with Gasteiger partial charge in [0.05, 0.1) is 6.54 Å². The summed E-state index contributed by atoms with van der Waals surface area (Å²) in [4.78, 5) is 11.8. The zero-order chi connectivity index (χ0) is 15.1. The maximum Gasteiger partial charge on any atom is 0.234 e. The molecule has 0 heterocycles. The van der Waals surface area contributed by atoms with Crippen LogP contribution in [0.1, 0.15) is 44.1 Å². The van der Waals surface area contributed by atoms with E-state index in [1.807, 2.05) is 0 Å². The number of carbonyl (C=O) groups excluding carboxylic acids is 1. The van der Waals surface area contributed by atoms with Crippen molar-refractivity contribution in [3.05, 3.63) is 35.4 Å². The van der Waals surface area contributed by atoms with Crippen molar-refractivity contribution in [3.8, 4) is 0 Å². The van der Waals surface area contributed by atoms with Gasteiger partial charge in [0.1, 0.15) is 11.6 Å². The number of halogens is 2. The zero-order valence-corrected chi connectivity index (χ0v) is 12.1. The molecule has 1 aliphatic carbocycles. The number of hydrogen-bond donors (Lipinski definition) is 2. The lowest BCUT2D eigenvalue weighted by Crippen LogP contribution is -2.40. The number of nitrogens with one attached hydrogen (secondary N) is 2. The predicted molar refractivity (Wildman–Crippen MR) is 77.7 cm³/mol. The molecule has 0 saturated heterocycles. The molecule has 116 valence electrons. The van der Waals surface area contributed by atoms with Crippen LogP contribution in [0, 0.1) is 11.6 Å². The molecule has 2 N–H and O–H groups in total. The first-order valence-electron chi connectivity index (χ1n) is 7.59. The third-order valence-corrected chi connectivity index (χ3v) is 3.84. The van der Waals surface area contributed by atoms with Gasteiger partial charge in [-0.2, -0.15) is 0 Å². The Hall–Kier alpha value is -1.49. The zero-order valence-electron chi connectivity index (χ0n) is 12.1. The van der Waals surface area contributed by atoms with Crippen molar-refractivity contribution in [2.24, 2.45) is 0 Å². The van der Waals surface area contributed by atoms with Crippen LogP contribution >= 0.6 is 0 Å². The summed E-state index contributed by atoms with van der Waals surface area (Å²) in [5.74, 6) is -1.25. The van der Waals surface area contributed by atoms with Gasteiger partial charge in [-0.05, 0) is 18.9 Å². The second-order valence-corrected chi connectivity index (χ2v) is 5.60. The Morgan fingerprint density at radius 2 is 1.86 bits per heavy atom. The van der Waals surface area contributed by atoms with E-state index in [9.17, 15) is 13.6 Å². The van der Waals surface area contributed by atoms with Crippen LogP contribution in [0.2, 0.25) is 0 Å². The summed E-state index contributed by atoms with van der Waals surface area (Å²) in [5, 5.41) is 5.91. The lowest BCUT2D eigenvalue weighted by Gasteiger charge is -2.16. The van der Waals surface area contributed by atoms with Crippen LogP contribution in [0.5, 0.6) is 0 Å². The van der Waals surface area contributed by atoms with Gasteiger partial charge in [0.2, 0.25) is 5.91 Å². The third-order valence-electron chi connectivity index (χ3n) is 3.84. The Balaban J connectivity index is 1.71. The summed E-state index contributed by atoms with van der Waals surface area (Å²) in [6.07, 6.45) is 6.90. The Morgan fingerprint density at radius 1 is 1.14 bits per heavy atom. The van der Waals surface area contributed by atoms with E-state index in [-0.39, 0.29) is 25.0 Å². The van der Waals surface area contributed by atoms with Gasteiger partial charge in [-0.3, -0.25) is 4.79 Å². The number of amides is 1. The summed E-state index contributed by atoms with van der Waals surface area (Å²) in [7, 11) is 0. The molecule has 0 bridgehead atoms. The van der Waals surface area contributed by atoms with E-state index < -0.39 is 11.6 Å². The van der Waals surface area contributed by atoms with Gasteiger partial charge in [0, 0.05) is 24.2 Å². The van der Waals surface area contributed by atoms with Crippen LogP contribution in [0.3, 0.4) is 0 Å². The highest BCUT2D eigenvalue weighted by atomic mass is 19.1. The molecule has 3 nitrogen and oxygen atoms in total. The molecule has 1 aromatic carbocycles. The molecule has 0 unspecified atom stereocenters. The van der Waals surface area contributed by atoms with Gasteiger partial charge < -0.3 is 10.6 Å². The lowest BCUT2D eigenvalue weighted by atomic mass is 10.1. The molecule has 2 rings (SSSR count). The average Bonchev–Trinajstić information content (AvgIpc) is 2.70. The molecular formula is C16H22F2N2O. The first-order valence-corrected chi connectivity index (χ1v) is 7.59. The molecular weight excluding hydrogens is 274 g/mol. The van der Waals surface area contributed by atoms with Crippen molar-refractivity contribution < 1.29 is 13.6 Å². The van der Waals surface area contributed by atoms with Crippen LogP contribution in [-0.4, -0.2) is 18.5 Å². The highest BCUT2D eigenvalue weighted by Gasteiger charge is 2.14. The monoisotopic (exact) mass is 296 g/mol. The fourth-order valence-corrected chi connectivity index (χ4v) is 2.68.